The Kier molecular flexibility index (Phi) is 4.22. The number of nitrogens with two attached hydrogens (primary N) is 1. The lowest BCUT2D eigenvalue weighted by molar-refractivity contribution is 0.0957. The van der Waals surface area contributed by atoms with Gasteiger partial charge in [0.25, 0.3) is 5.91 Å². The van der Waals surface area contributed by atoms with E-state index in [1.807, 2.05) is 19.1 Å². The number of carbonyl (C=O) groups excluding carboxylic acids is 1. The second-order valence-electron chi connectivity index (χ2n) is 3.39. The van der Waals surface area contributed by atoms with E-state index >= 15 is 0 Å². The lowest BCUT2D eigenvalue weighted by Crippen LogP contribution is -2.29. The van der Waals surface area contributed by atoms with Crippen LogP contribution in [0.15, 0.2) is 27.8 Å². The first-order valence-corrected chi connectivity index (χ1v) is 7.65. The Labute approximate surface area is 112 Å². The molecule has 3 N–H and O–H groups in total. The Morgan fingerprint density at radius 2 is 2.41 bits per heavy atom. The van der Waals surface area contributed by atoms with E-state index in [9.17, 15) is 4.79 Å². The predicted molar refractivity (Wildman–Crippen MR) is 74.6 cm³/mol. The smallest absolute Gasteiger partial charge is 0.275 e. The van der Waals surface area contributed by atoms with Gasteiger partial charge in [-0.25, -0.2) is 5.84 Å². The van der Waals surface area contributed by atoms with Crippen molar-refractivity contribution in [1.29, 1.82) is 0 Å². The van der Waals surface area contributed by atoms with Gasteiger partial charge in [-0.15, -0.1) is 34.4 Å². The van der Waals surface area contributed by atoms with Gasteiger partial charge >= 0.3 is 0 Å². The van der Waals surface area contributed by atoms with E-state index < -0.39 is 0 Å². The molecule has 0 bridgehead atoms. The largest absolute Gasteiger partial charge is 0.289 e. The molecule has 6 heteroatoms. The van der Waals surface area contributed by atoms with Gasteiger partial charge in [0.15, 0.2) is 0 Å². The van der Waals surface area contributed by atoms with Gasteiger partial charge in [-0.2, -0.15) is 0 Å². The zero-order valence-corrected chi connectivity index (χ0v) is 11.7. The maximum absolute atomic E-state index is 11.4. The summed E-state index contributed by atoms with van der Waals surface area (Å²) >= 11 is 5.00. The Hall–Kier alpha value is -0.820. The van der Waals surface area contributed by atoms with Crippen molar-refractivity contribution in [1.82, 2.24) is 5.43 Å². The van der Waals surface area contributed by atoms with Crippen molar-refractivity contribution >= 4 is 40.3 Å². The summed E-state index contributed by atoms with van der Waals surface area (Å²) in [6.07, 6.45) is 0. The molecule has 2 rings (SSSR count). The maximum Gasteiger partial charge on any atom is 0.275 e. The van der Waals surface area contributed by atoms with Gasteiger partial charge in [0.05, 0.1) is 9.09 Å². The SMILES string of the molecule is Cc1sc(C(=O)NN)cc1CSc1cccs1. The molecular formula is C11H12N2OS3. The number of amides is 1. The predicted octanol–water partition coefficient (Wildman–Crippen LogP) is 3.01. The number of thiophene rings is 2. The Balaban J connectivity index is 2.06. The second-order valence-corrected chi connectivity index (χ2v) is 6.87. The summed E-state index contributed by atoms with van der Waals surface area (Å²) in [7, 11) is 0. The van der Waals surface area contributed by atoms with Crippen LogP contribution in [0.5, 0.6) is 0 Å². The average Bonchev–Trinajstić information content (AvgIpc) is 2.95. The number of nitrogens with one attached hydrogen (secondary N) is 1. The minimum absolute atomic E-state index is 0.217. The molecule has 2 aromatic rings. The van der Waals surface area contributed by atoms with E-state index in [2.05, 4.69) is 16.9 Å². The summed E-state index contributed by atoms with van der Waals surface area (Å²) in [5.74, 6) is 5.79. The molecule has 0 atom stereocenters. The molecule has 0 unspecified atom stereocenters. The number of hydrazine groups is 1. The summed E-state index contributed by atoms with van der Waals surface area (Å²) in [6.45, 7) is 2.03. The quantitative estimate of drug-likeness (QED) is 0.393. The number of carbonyl (C=O) groups is 1. The fourth-order valence-corrected chi connectivity index (χ4v) is 4.21. The third-order valence-electron chi connectivity index (χ3n) is 2.24. The van der Waals surface area contributed by atoms with Gasteiger partial charge in [-0.3, -0.25) is 10.2 Å². The molecule has 0 aliphatic rings. The van der Waals surface area contributed by atoms with Gasteiger partial charge in [-0.1, -0.05) is 6.07 Å². The first-order valence-electron chi connectivity index (χ1n) is 4.97. The van der Waals surface area contributed by atoms with Crippen LogP contribution in [-0.2, 0) is 5.75 Å². The molecule has 17 heavy (non-hydrogen) atoms. The normalized spacial score (nSPS) is 10.5. The first-order chi connectivity index (χ1) is 8.20. The van der Waals surface area contributed by atoms with Crippen LogP contribution in [-0.4, -0.2) is 5.91 Å². The average molecular weight is 284 g/mol. The van der Waals surface area contributed by atoms with Crippen molar-refractivity contribution in [2.24, 2.45) is 5.84 Å². The van der Waals surface area contributed by atoms with Crippen molar-refractivity contribution < 1.29 is 4.79 Å². The third-order valence-corrected chi connectivity index (χ3v) is 5.51. The van der Waals surface area contributed by atoms with Crippen LogP contribution >= 0.6 is 34.4 Å². The van der Waals surface area contributed by atoms with Crippen LogP contribution in [0.25, 0.3) is 0 Å². The molecule has 1 amide bonds. The van der Waals surface area contributed by atoms with Crippen LogP contribution in [0.1, 0.15) is 20.1 Å². The molecule has 0 aliphatic carbocycles. The molecule has 0 spiro atoms. The molecule has 0 radical (unpaired) electrons. The molecule has 3 nitrogen and oxygen atoms in total. The van der Waals surface area contributed by atoms with Crippen molar-refractivity contribution in [2.45, 2.75) is 16.9 Å². The van der Waals surface area contributed by atoms with Crippen LogP contribution in [0.3, 0.4) is 0 Å². The number of thioether (sulfide) groups is 1. The van der Waals surface area contributed by atoms with E-state index in [1.54, 1.807) is 23.1 Å². The molecule has 2 aromatic heterocycles. The van der Waals surface area contributed by atoms with Crippen LogP contribution in [0, 0.1) is 6.92 Å². The molecule has 0 aromatic carbocycles. The minimum atomic E-state index is -0.217. The van der Waals surface area contributed by atoms with Gasteiger partial charge in [-0.05, 0) is 30.0 Å². The van der Waals surface area contributed by atoms with Gasteiger partial charge < -0.3 is 0 Å². The fraction of sp³-hybridized carbons (Fsp3) is 0.182. The highest BCUT2D eigenvalue weighted by molar-refractivity contribution is 8.00. The molecule has 90 valence electrons. The van der Waals surface area contributed by atoms with E-state index in [0.717, 1.165) is 5.75 Å². The Bertz CT molecular complexity index is 505. The van der Waals surface area contributed by atoms with Gasteiger partial charge in [0.1, 0.15) is 0 Å². The molecular weight excluding hydrogens is 272 g/mol. The fourth-order valence-electron chi connectivity index (χ4n) is 1.34. The van der Waals surface area contributed by atoms with Crippen LogP contribution in [0.4, 0.5) is 0 Å². The Morgan fingerprint density at radius 3 is 3.06 bits per heavy atom. The standard InChI is InChI=1S/C11H12N2OS3/c1-7-8(5-9(17-7)11(14)13-12)6-16-10-3-2-4-15-10/h2-5H,6,12H2,1H3,(H,13,14). The minimum Gasteiger partial charge on any atom is -0.289 e. The summed E-state index contributed by atoms with van der Waals surface area (Å²) in [4.78, 5) is 13.2. The number of rotatable bonds is 4. The number of hydrogen-bond acceptors (Lipinski definition) is 5. The van der Waals surface area contributed by atoms with Crippen molar-refractivity contribution in [3.63, 3.8) is 0 Å². The monoisotopic (exact) mass is 284 g/mol. The van der Waals surface area contributed by atoms with E-state index in [4.69, 9.17) is 5.84 Å². The summed E-state index contributed by atoms with van der Waals surface area (Å²) < 4.78 is 1.29. The summed E-state index contributed by atoms with van der Waals surface area (Å²) in [6, 6.07) is 6.06. The highest BCUT2D eigenvalue weighted by Gasteiger charge is 2.11. The third kappa shape index (κ3) is 3.10. The maximum atomic E-state index is 11.4. The number of nitrogen functional groups attached to an aromatic ring is 1. The number of hydrogen-bond donors (Lipinski definition) is 2. The Morgan fingerprint density at radius 1 is 1.59 bits per heavy atom. The zero-order chi connectivity index (χ0) is 12.3. The summed E-state index contributed by atoms with van der Waals surface area (Å²) in [5, 5.41) is 2.07. The first kappa shape index (κ1) is 12.6. The molecule has 0 fully saturated rings. The van der Waals surface area contributed by atoms with Crippen LogP contribution < -0.4 is 11.3 Å². The van der Waals surface area contributed by atoms with Crippen LogP contribution in [0.2, 0.25) is 0 Å². The zero-order valence-electron chi connectivity index (χ0n) is 9.23. The van der Waals surface area contributed by atoms with E-state index in [1.165, 1.54) is 26.0 Å². The molecule has 0 saturated carbocycles. The summed E-state index contributed by atoms with van der Waals surface area (Å²) in [5.41, 5.74) is 3.36. The van der Waals surface area contributed by atoms with E-state index in [-0.39, 0.29) is 5.91 Å². The second kappa shape index (κ2) is 5.68. The highest BCUT2D eigenvalue weighted by atomic mass is 32.2. The highest BCUT2D eigenvalue weighted by Crippen LogP contribution is 2.31. The van der Waals surface area contributed by atoms with Gasteiger partial charge in [0, 0.05) is 10.6 Å². The topological polar surface area (TPSA) is 55.1 Å². The molecule has 0 aliphatic heterocycles. The molecule has 0 saturated heterocycles. The molecule has 2 heterocycles. The lowest BCUT2D eigenvalue weighted by Gasteiger charge is -1.97. The van der Waals surface area contributed by atoms with Crippen molar-refractivity contribution in [3.8, 4) is 0 Å². The van der Waals surface area contributed by atoms with E-state index in [0.29, 0.717) is 4.88 Å². The van der Waals surface area contributed by atoms with Crippen molar-refractivity contribution in [3.05, 3.63) is 38.9 Å². The number of aryl methyl sites for hydroxylation is 1. The van der Waals surface area contributed by atoms with Crippen molar-refractivity contribution in [2.75, 3.05) is 0 Å². The lowest BCUT2D eigenvalue weighted by atomic mass is 10.3. The van der Waals surface area contributed by atoms with Gasteiger partial charge in [0.2, 0.25) is 0 Å².